The van der Waals surface area contributed by atoms with Crippen molar-refractivity contribution in [3.8, 4) is 0 Å². The van der Waals surface area contributed by atoms with Gasteiger partial charge in [0.2, 0.25) is 15.9 Å². The fourth-order valence-corrected chi connectivity index (χ4v) is 3.02. The molecule has 7 nitrogen and oxygen atoms in total. The largest absolute Gasteiger partial charge is 0.350 e. The number of hydrogen-bond donors (Lipinski definition) is 2. The molecule has 0 spiro atoms. The quantitative estimate of drug-likeness (QED) is 0.737. The van der Waals surface area contributed by atoms with Crippen LogP contribution in [-0.2, 0) is 21.4 Å². The summed E-state index contributed by atoms with van der Waals surface area (Å²) in [5.74, 6) is -1.26. The molecule has 0 aliphatic carbocycles. The first kappa shape index (κ1) is 20.5. The molecule has 2 aromatic carbocycles. The van der Waals surface area contributed by atoms with Crippen LogP contribution in [0.15, 0.2) is 53.4 Å². The van der Waals surface area contributed by atoms with Gasteiger partial charge in [0.05, 0.1) is 11.4 Å². The van der Waals surface area contributed by atoms with Crippen molar-refractivity contribution in [2.24, 2.45) is 0 Å². The monoisotopic (exact) mass is 393 g/mol. The van der Waals surface area contributed by atoms with Gasteiger partial charge < -0.3 is 10.6 Å². The summed E-state index contributed by atoms with van der Waals surface area (Å²) >= 11 is 0. The van der Waals surface area contributed by atoms with Crippen LogP contribution in [-0.4, -0.2) is 45.2 Å². The van der Waals surface area contributed by atoms with Crippen LogP contribution in [0.2, 0.25) is 0 Å². The minimum atomic E-state index is -3.57. The highest BCUT2D eigenvalue weighted by atomic mass is 32.2. The van der Waals surface area contributed by atoms with Gasteiger partial charge in [0.25, 0.3) is 5.91 Å². The van der Waals surface area contributed by atoms with Gasteiger partial charge in [-0.25, -0.2) is 17.1 Å². The molecule has 0 bridgehead atoms. The third-order valence-corrected chi connectivity index (χ3v) is 5.54. The summed E-state index contributed by atoms with van der Waals surface area (Å²) in [6, 6.07) is 11.1. The van der Waals surface area contributed by atoms with Crippen LogP contribution in [0.4, 0.5) is 4.39 Å². The zero-order chi connectivity index (χ0) is 20.0. The lowest BCUT2D eigenvalue weighted by Crippen LogP contribution is -2.36. The van der Waals surface area contributed by atoms with Gasteiger partial charge >= 0.3 is 0 Å². The van der Waals surface area contributed by atoms with Gasteiger partial charge in [0, 0.05) is 26.2 Å². The van der Waals surface area contributed by atoms with Gasteiger partial charge in [-0.2, -0.15) is 0 Å². The van der Waals surface area contributed by atoms with Gasteiger partial charge in [-0.1, -0.05) is 12.1 Å². The second-order valence-electron chi connectivity index (χ2n) is 5.90. The molecular weight excluding hydrogens is 373 g/mol. The van der Waals surface area contributed by atoms with Crippen molar-refractivity contribution >= 4 is 21.8 Å². The molecular formula is C18H20FN3O4S. The highest BCUT2D eigenvalue weighted by Crippen LogP contribution is 2.13. The Labute approximate surface area is 157 Å². The molecule has 144 valence electrons. The average molecular weight is 393 g/mol. The van der Waals surface area contributed by atoms with Crippen LogP contribution in [0.1, 0.15) is 15.9 Å². The van der Waals surface area contributed by atoms with E-state index < -0.39 is 21.8 Å². The minimum absolute atomic E-state index is 0.0705. The van der Waals surface area contributed by atoms with E-state index in [0.29, 0.717) is 0 Å². The lowest BCUT2D eigenvalue weighted by Gasteiger charge is -2.11. The molecule has 0 heterocycles. The standard InChI is InChI=1S/C18H20FN3O4S/c1-22(2)27(25,26)16-9-5-14(6-10-16)18(24)21-12-17(23)20-11-13-3-7-15(19)8-4-13/h3-10H,11-12H2,1-2H3,(H,20,23)(H,21,24). The summed E-state index contributed by atoms with van der Waals surface area (Å²) in [6.07, 6.45) is 0. The van der Waals surface area contributed by atoms with E-state index in [1.165, 1.54) is 50.5 Å². The van der Waals surface area contributed by atoms with Crippen LogP contribution < -0.4 is 10.6 Å². The smallest absolute Gasteiger partial charge is 0.251 e. The number of rotatable bonds is 7. The topological polar surface area (TPSA) is 95.6 Å². The Bertz CT molecular complexity index is 911. The van der Waals surface area contributed by atoms with Crippen molar-refractivity contribution in [3.63, 3.8) is 0 Å². The van der Waals surface area contributed by atoms with E-state index in [4.69, 9.17) is 0 Å². The van der Waals surface area contributed by atoms with Crippen molar-refractivity contribution in [2.45, 2.75) is 11.4 Å². The molecule has 0 aliphatic heterocycles. The van der Waals surface area contributed by atoms with Gasteiger partial charge in [-0.15, -0.1) is 0 Å². The molecule has 0 saturated carbocycles. The summed E-state index contributed by atoms with van der Waals surface area (Å²) in [6.45, 7) is -0.0240. The summed E-state index contributed by atoms with van der Waals surface area (Å²) < 4.78 is 37.9. The first-order valence-corrected chi connectivity index (χ1v) is 9.46. The third-order valence-electron chi connectivity index (χ3n) is 3.71. The molecule has 2 amide bonds. The van der Waals surface area contributed by atoms with Crippen molar-refractivity contribution in [2.75, 3.05) is 20.6 Å². The second-order valence-corrected chi connectivity index (χ2v) is 8.05. The van der Waals surface area contributed by atoms with Crippen LogP contribution in [0.5, 0.6) is 0 Å². The zero-order valence-corrected chi connectivity index (χ0v) is 15.7. The number of halogens is 1. The molecule has 0 radical (unpaired) electrons. The fraction of sp³-hybridized carbons (Fsp3) is 0.222. The lowest BCUT2D eigenvalue weighted by atomic mass is 10.2. The molecule has 0 unspecified atom stereocenters. The Kier molecular flexibility index (Phi) is 6.65. The van der Waals surface area contributed by atoms with E-state index in [1.54, 1.807) is 12.1 Å². The van der Waals surface area contributed by atoms with E-state index in [2.05, 4.69) is 10.6 Å². The number of sulfonamides is 1. The predicted molar refractivity (Wildman–Crippen MR) is 97.9 cm³/mol. The number of benzene rings is 2. The van der Waals surface area contributed by atoms with Crippen LogP contribution in [0.3, 0.4) is 0 Å². The predicted octanol–water partition coefficient (Wildman–Crippen LogP) is 1.12. The van der Waals surface area contributed by atoms with Crippen LogP contribution in [0, 0.1) is 5.82 Å². The molecule has 9 heteroatoms. The number of hydrogen-bond acceptors (Lipinski definition) is 4. The zero-order valence-electron chi connectivity index (χ0n) is 14.9. The van der Waals surface area contributed by atoms with Gasteiger partial charge in [0.1, 0.15) is 5.82 Å². The van der Waals surface area contributed by atoms with Gasteiger partial charge in [-0.3, -0.25) is 9.59 Å². The summed E-state index contributed by atoms with van der Waals surface area (Å²) in [4.78, 5) is 23.9. The molecule has 0 aromatic heterocycles. The normalized spacial score (nSPS) is 11.3. The second kappa shape index (κ2) is 8.74. The van der Waals surface area contributed by atoms with E-state index >= 15 is 0 Å². The third kappa shape index (κ3) is 5.60. The van der Waals surface area contributed by atoms with Crippen molar-refractivity contribution in [1.29, 1.82) is 0 Å². The van der Waals surface area contributed by atoms with Crippen molar-refractivity contribution < 1.29 is 22.4 Å². The SMILES string of the molecule is CN(C)S(=O)(=O)c1ccc(C(=O)NCC(=O)NCc2ccc(F)cc2)cc1. The first-order chi connectivity index (χ1) is 12.7. The van der Waals surface area contributed by atoms with E-state index in [-0.39, 0.29) is 29.4 Å². The molecule has 0 saturated heterocycles. The Morgan fingerprint density at radius 2 is 1.56 bits per heavy atom. The maximum atomic E-state index is 12.8. The first-order valence-electron chi connectivity index (χ1n) is 8.02. The average Bonchev–Trinajstić information content (AvgIpc) is 2.65. The Hall–Kier alpha value is -2.78. The van der Waals surface area contributed by atoms with E-state index in [9.17, 15) is 22.4 Å². The number of carbonyl (C=O) groups is 2. The number of nitrogens with zero attached hydrogens (tertiary/aromatic N) is 1. The number of carbonyl (C=O) groups excluding carboxylic acids is 2. The molecule has 27 heavy (non-hydrogen) atoms. The molecule has 0 aliphatic rings. The Morgan fingerprint density at radius 3 is 2.11 bits per heavy atom. The Morgan fingerprint density at radius 1 is 0.963 bits per heavy atom. The molecule has 0 atom stereocenters. The molecule has 2 aromatic rings. The highest BCUT2D eigenvalue weighted by molar-refractivity contribution is 7.89. The summed E-state index contributed by atoms with van der Waals surface area (Å²) in [5.41, 5.74) is 0.966. The van der Waals surface area contributed by atoms with Gasteiger partial charge in [0.15, 0.2) is 0 Å². The van der Waals surface area contributed by atoms with Crippen molar-refractivity contribution in [1.82, 2.24) is 14.9 Å². The fourth-order valence-electron chi connectivity index (χ4n) is 2.12. The van der Waals surface area contributed by atoms with E-state index in [1.807, 2.05) is 0 Å². The number of nitrogens with one attached hydrogen (secondary N) is 2. The Balaban J connectivity index is 1.86. The molecule has 2 N–H and O–H groups in total. The maximum absolute atomic E-state index is 12.8. The van der Waals surface area contributed by atoms with Crippen LogP contribution in [0.25, 0.3) is 0 Å². The maximum Gasteiger partial charge on any atom is 0.251 e. The number of amides is 2. The summed E-state index contributed by atoms with van der Waals surface area (Å²) in [5, 5.41) is 5.06. The summed E-state index contributed by atoms with van der Waals surface area (Å²) in [7, 11) is -0.733. The minimum Gasteiger partial charge on any atom is -0.350 e. The highest BCUT2D eigenvalue weighted by Gasteiger charge is 2.17. The lowest BCUT2D eigenvalue weighted by molar-refractivity contribution is -0.120. The molecule has 0 fully saturated rings. The van der Waals surface area contributed by atoms with Crippen molar-refractivity contribution in [3.05, 3.63) is 65.5 Å². The van der Waals surface area contributed by atoms with Crippen LogP contribution >= 0.6 is 0 Å². The molecule has 2 rings (SSSR count). The van der Waals surface area contributed by atoms with Gasteiger partial charge in [-0.05, 0) is 42.0 Å². The van der Waals surface area contributed by atoms with E-state index in [0.717, 1.165) is 9.87 Å².